The van der Waals surface area contributed by atoms with Crippen LogP contribution in [0, 0.1) is 12.3 Å². The van der Waals surface area contributed by atoms with Crippen LogP contribution in [0.1, 0.15) is 44.5 Å². The molecule has 0 fully saturated rings. The van der Waals surface area contributed by atoms with Gasteiger partial charge in [-0.25, -0.2) is 9.55 Å². The average Bonchev–Trinajstić information content (AvgIpc) is 2.98. The second-order valence-corrected chi connectivity index (χ2v) is 9.02. The van der Waals surface area contributed by atoms with Crippen molar-refractivity contribution < 1.29 is 8.98 Å². The monoisotopic (exact) mass is 373 g/mol. The normalized spacial score (nSPS) is 12.2. The number of hydrogen-bond donors (Lipinski definition) is 0. The molecule has 0 aliphatic rings. The van der Waals surface area contributed by atoms with E-state index in [0.29, 0.717) is 0 Å². The van der Waals surface area contributed by atoms with Crippen LogP contribution in [0.5, 0.6) is 0 Å². The van der Waals surface area contributed by atoms with Crippen LogP contribution >= 0.6 is 0 Å². The lowest BCUT2D eigenvalue weighted by Crippen LogP contribution is -2.31. The molecule has 0 spiro atoms. The third kappa shape index (κ3) is 3.30. The molecule has 0 amide bonds. The summed E-state index contributed by atoms with van der Waals surface area (Å²) in [6, 6.07) is 13.0. The van der Waals surface area contributed by atoms with Gasteiger partial charge in [0.2, 0.25) is 11.4 Å². The van der Waals surface area contributed by atoms with E-state index in [1.165, 1.54) is 11.1 Å². The SMILES string of the molecule is CCc1ccc(-c2c(C)ccc3c2oc2nc(CC(C)(C)C)ccc23)[n+](C)c1. The quantitative estimate of drug-likeness (QED) is 0.416. The molecule has 4 rings (SSSR count). The van der Waals surface area contributed by atoms with Crippen LogP contribution in [0.15, 0.2) is 47.0 Å². The summed E-state index contributed by atoms with van der Waals surface area (Å²) in [5.41, 5.74) is 7.79. The third-order valence-electron chi connectivity index (χ3n) is 5.34. The molecule has 0 aliphatic heterocycles. The molecule has 0 aliphatic carbocycles. The Morgan fingerprint density at radius 2 is 1.75 bits per heavy atom. The van der Waals surface area contributed by atoms with Gasteiger partial charge in [-0.3, -0.25) is 0 Å². The van der Waals surface area contributed by atoms with Gasteiger partial charge in [0.25, 0.3) is 0 Å². The highest BCUT2D eigenvalue weighted by Gasteiger charge is 2.21. The van der Waals surface area contributed by atoms with E-state index in [9.17, 15) is 0 Å². The lowest BCUT2D eigenvalue weighted by atomic mass is 9.90. The summed E-state index contributed by atoms with van der Waals surface area (Å²) in [4.78, 5) is 4.84. The number of pyridine rings is 2. The molecule has 144 valence electrons. The van der Waals surface area contributed by atoms with Crippen molar-refractivity contribution in [2.75, 3.05) is 0 Å². The van der Waals surface area contributed by atoms with Gasteiger partial charge in [-0.1, -0.05) is 39.8 Å². The molecule has 0 radical (unpaired) electrons. The zero-order valence-electron chi connectivity index (χ0n) is 17.8. The number of nitrogens with zero attached hydrogens (tertiary/aromatic N) is 2. The zero-order valence-corrected chi connectivity index (χ0v) is 17.8. The molecule has 0 saturated heterocycles. The fourth-order valence-electron chi connectivity index (χ4n) is 3.95. The molecule has 3 heteroatoms. The maximum atomic E-state index is 6.36. The van der Waals surface area contributed by atoms with Gasteiger partial charge in [0, 0.05) is 28.1 Å². The van der Waals surface area contributed by atoms with Crippen molar-refractivity contribution in [1.82, 2.24) is 4.98 Å². The van der Waals surface area contributed by atoms with Gasteiger partial charge in [0.15, 0.2) is 11.8 Å². The number of furan rings is 1. The van der Waals surface area contributed by atoms with Crippen LogP contribution in [0.4, 0.5) is 0 Å². The molecule has 4 aromatic rings. The molecular formula is C25H29N2O+. The molecule has 0 unspecified atom stereocenters. The minimum atomic E-state index is 0.198. The number of aromatic nitrogens is 2. The van der Waals surface area contributed by atoms with Gasteiger partial charge in [-0.15, -0.1) is 0 Å². The van der Waals surface area contributed by atoms with E-state index in [-0.39, 0.29) is 5.41 Å². The molecule has 0 N–H and O–H groups in total. The zero-order chi connectivity index (χ0) is 20.1. The fourth-order valence-corrected chi connectivity index (χ4v) is 3.95. The summed E-state index contributed by atoms with van der Waals surface area (Å²) in [5.74, 6) is 0. The first-order valence-electron chi connectivity index (χ1n) is 10.1. The second kappa shape index (κ2) is 6.73. The average molecular weight is 374 g/mol. The van der Waals surface area contributed by atoms with Crippen molar-refractivity contribution in [1.29, 1.82) is 0 Å². The first kappa shape index (κ1) is 18.7. The molecule has 1 aromatic carbocycles. The Morgan fingerprint density at radius 1 is 1.00 bits per heavy atom. The predicted molar refractivity (Wildman–Crippen MR) is 115 cm³/mol. The van der Waals surface area contributed by atoms with Crippen LogP contribution < -0.4 is 4.57 Å². The fraction of sp³-hybridized carbons (Fsp3) is 0.360. The van der Waals surface area contributed by atoms with Gasteiger partial charge in [-0.05, 0) is 48.9 Å². The highest BCUT2D eigenvalue weighted by molar-refractivity contribution is 6.08. The van der Waals surface area contributed by atoms with E-state index in [2.05, 4.69) is 88.8 Å². The molecule has 0 bridgehead atoms. The lowest BCUT2D eigenvalue weighted by Gasteiger charge is -2.16. The van der Waals surface area contributed by atoms with Crippen LogP contribution in [0.3, 0.4) is 0 Å². The van der Waals surface area contributed by atoms with Crippen molar-refractivity contribution in [3.8, 4) is 11.3 Å². The third-order valence-corrected chi connectivity index (χ3v) is 5.34. The minimum absolute atomic E-state index is 0.198. The van der Waals surface area contributed by atoms with Crippen molar-refractivity contribution in [3.63, 3.8) is 0 Å². The molecule has 28 heavy (non-hydrogen) atoms. The molecule has 3 aromatic heterocycles. The van der Waals surface area contributed by atoms with Gasteiger partial charge < -0.3 is 4.42 Å². The maximum Gasteiger partial charge on any atom is 0.227 e. The molecule has 3 heterocycles. The molecule has 0 saturated carbocycles. The van der Waals surface area contributed by atoms with Crippen molar-refractivity contribution in [2.45, 2.75) is 47.5 Å². The Kier molecular flexibility index (Phi) is 4.49. The highest BCUT2D eigenvalue weighted by Crippen LogP contribution is 2.36. The molecule has 3 nitrogen and oxygen atoms in total. The second-order valence-electron chi connectivity index (χ2n) is 9.02. The number of rotatable bonds is 3. The summed E-state index contributed by atoms with van der Waals surface area (Å²) in [6.07, 6.45) is 4.16. The van der Waals surface area contributed by atoms with Crippen molar-refractivity contribution >= 4 is 22.1 Å². The van der Waals surface area contributed by atoms with E-state index >= 15 is 0 Å². The Hall–Kier alpha value is -2.68. The Bertz CT molecular complexity index is 1180. The standard InChI is InChI=1S/C25H29N2O/c1-7-17-9-13-21(27(6)15-17)22-16(2)8-11-19-20-12-10-18(14-25(3,4)5)26-24(20)28-23(19)22/h8-13,15H,7,14H2,1-6H3/q+1. The van der Waals surface area contributed by atoms with Crippen LogP contribution in [-0.4, -0.2) is 4.98 Å². The first-order valence-corrected chi connectivity index (χ1v) is 10.1. The van der Waals surface area contributed by atoms with E-state index in [1.807, 2.05) is 0 Å². The molecular weight excluding hydrogens is 344 g/mol. The predicted octanol–water partition coefficient (Wildman–Crippen LogP) is 5.93. The van der Waals surface area contributed by atoms with E-state index in [1.54, 1.807) is 0 Å². The minimum Gasteiger partial charge on any atom is -0.437 e. The molecule has 0 atom stereocenters. The summed E-state index contributed by atoms with van der Waals surface area (Å²) >= 11 is 0. The van der Waals surface area contributed by atoms with E-state index < -0.39 is 0 Å². The lowest BCUT2D eigenvalue weighted by molar-refractivity contribution is -0.660. The van der Waals surface area contributed by atoms with Gasteiger partial charge in [-0.2, -0.15) is 0 Å². The summed E-state index contributed by atoms with van der Waals surface area (Å²) in [6.45, 7) is 11.0. The number of aryl methyl sites for hydroxylation is 3. The Balaban J connectivity index is 1.94. The number of hydrogen-bond acceptors (Lipinski definition) is 2. The van der Waals surface area contributed by atoms with Crippen LogP contribution in [0.25, 0.3) is 33.3 Å². The van der Waals surface area contributed by atoms with E-state index in [0.717, 1.165) is 51.9 Å². The smallest absolute Gasteiger partial charge is 0.227 e. The van der Waals surface area contributed by atoms with Gasteiger partial charge in [0.05, 0.1) is 5.56 Å². The highest BCUT2D eigenvalue weighted by atomic mass is 16.3. The summed E-state index contributed by atoms with van der Waals surface area (Å²) in [5, 5.41) is 2.21. The topological polar surface area (TPSA) is 29.9 Å². The number of fused-ring (bicyclic) bond motifs is 3. The summed E-state index contributed by atoms with van der Waals surface area (Å²) in [7, 11) is 2.11. The van der Waals surface area contributed by atoms with Gasteiger partial charge in [0.1, 0.15) is 7.05 Å². The largest absolute Gasteiger partial charge is 0.437 e. The van der Waals surface area contributed by atoms with E-state index in [4.69, 9.17) is 9.40 Å². The van der Waals surface area contributed by atoms with Crippen LogP contribution in [0.2, 0.25) is 0 Å². The van der Waals surface area contributed by atoms with Crippen molar-refractivity contribution in [3.05, 3.63) is 59.4 Å². The van der Waals surface area contributed by atoms with Gasteiger partial charge >= 0.3 is 0 Å². The number of benzene rings is 1. The maximum absolute atomic E-state index is 6.36. The Labute approximate surface area is 167 Å². The first-order chi connectivity index (χ1) is 13.3. The Morgan fingerprint density at radius 3 is 2.43 bits per heavy atom. The van der Waals surface area contributed by atoms with Crippen LogP contribution in [-0.2, 0) is 19.9 Å². The summed E-state index contributed by atoms with van der Waals surface area (Å²) < 4.78 is 8.56. The van der Waals surface area contributed by atoms with Crippen molar-refractivity contribution in [2.24, 2.45) is 12.5 Å².